The molecule has 174 valence electrons. The van der Waals surface area contributed by atoms with E-state index in [1.165, 1.54) is 5.56 Å². The van der Waals surface area contributed by atoms with Crippen molar-refractivity contribution in [1.29, 1.82) is 0 Å². The molecule has 4 aromatic rings. The van der Waals surface area contributed by atoms with Gasteiger partial charge in [-0.15, -0.1) is 11.3 Å². The van der Waals surface area contributed by atoms with Gasteiger partial charge in [0.15, 0.2) is 0 Å². The SMILES string of the molecule is COc1ccc(N2CCN(C(=O)Cn3cccc3-c3nc(-c4ccc(C)cc4)cs3)CC2)cc1. The minimum Gasteiger partial charge on any atom is -0.497 e. The van der Waals surface area contributed by atoms with Gasteiger partial charge < -0.3 is 19.1 Å². The number of aryl methyl sites for hydroxylation is 1. The molecule has 2 aromatic heterocycles. The van der Waals surface area contributed by atoms with Crippen molar-refractivity contribution in [3.8, 4) is 27.7 Å². The van der Waals surface area contributed by atoms with E-state index in [-0.39, 0.29) is 5.91 Å². The molecule has 2 aromatic carbocycles. The number of hydrogen-bond acceptors (Lipinski definition) is 5. The zero-order valence-electron chi connectivity index (χ0n) is 19.5. The smallest absolute Gasteiger partial charge is 0.242 e. The molecule has 6 nitrogen and oxygen atoms in total. The lowest BCUT2D eigenvalue weighted by atomic mass is 10.1. The maximum atomic E-state index is 13.1. The van der Waals surface area contributed by atoms with Crippen LogP contribution in [0, 0.1) is 6.92 Å². The van der Waals surface area contributed by atoms with E-state index in [1.807, 2.05) is 39.9 Å². The summed E-state index contributed by atoms with van der Waals surface area (Å²) >= 11 is 1.61. The van der Waals surface area contributed by atoms with Crippen LogP contribution in [0.25, 0.3) is 22.0 Å². The molecule has 1 fully saturated rings. The highest BCUT2D eigenvalue weighted by atomic mass is 32.1. The third kappa shape index (κ3) is 4.70. The third-order valence-electron chi connectivity index (χ3n) is 6.28. The molecular weight excluding hydrogens is 444 g/mol. The van der Waals surface area contributed by atoms with E-state index in [0.717, 1.165) is 59.6 Å². The van der Waals surface area contributed by atoms with Gasteiger partial charge in [0.05, 0.1) is 18.5 Å². The number of ether oxygens (including phenoxy) is 1. The Morgan fingerprint density at radius 2 is 1.74 bits per heavy atom. The van der Waals surface area contributed by atoms with Crippen LogP contribution in [-0.4, -0.2) is 53.6 Å². The summed E-state index contributed by atoms with van der Waals surface area (Å²) in [7, 11) is 1.67. The Kier molecular flexibility index (Phi) is 6.36. The fourth-order valence-corrected chi connectivity index (χ4v) is 5.12. The van der Waals surface area contributed by atoms with E-state index in [2.05, 4.69) is 53.6 Å². The maximum absolute atomic E-state index is 13.1. The molecule has 0 saturated carbocycles. The van der Waals surface area contributed by atoms with Crippen LogP contribution >= 0.6 is 11.3 Å². The predicted molar refractivity (Wildman–Crippen MR) is 137 cm³/mol. The van der Waals surface area contributed by atoms with Crippen LogP contribution in [-0.2, 0) is 11.3 Å². The summed E-state index contributed by atoms with van der Waals surface area (Å²) in [6.07, 6.45) is 1.97. The molecular formula is C27H28N4O2S. The molecule has 0 bridgehead atoms. The normalized spacial score (nSPS) is 13.8. The van der Waals surface area contributed by atoms with Crippen molar-refractivity contribution in [2.75, 3.05) is 38.2 Å². The van der Waals surface area contributed by atoms with Crippen LogP contribution in [0.5, 0.6) is 5.75 Å². The molecule has 1 amide bonds. The Balaban J connectivity index is 1.22. The molecule has 7 heteroatoms. The number of thiazole rings is 1. The molecule has 0 atom stereocenters. The average Bonchev–Trinajstić information content (AvgIpc) is 3.54. The number of carbonyl (C=O) groups is 1. The van der Waals surface area contributed by atoms with Gasteiger partial charge in [0.25, 0.3) is 0 Å². The van der Waals surface area contributed by atoms with Gasteiger partial charge in [0, 0.05) is 49.0 Å². The number of rotatable bonds is 6. The van der Waals surface area contributed by atoms with Gasteiger partial charge in [-0.3, -0.25) is 4.79 Å². The van der Waals surface area contributed by atoms with Crippen molar-refractivity contribution in [2.24, 2.45) is 0 Å². The summed E-state index contributed by atoms with van der Waals surface area (Å²) in [6.45, 7) is 5.49. The summed E-state index contributed by atoms with van der Waals surface area (Å²) < 4.78 is 7.26. The lowest BCUT2D eigenvalue weighted by Crippen LogP contribution is -2.49. The summed E-state index contributed by atoms with van der Waals surface area (Å²) in [5.41, 5.74) is 5.45. The third-order valence-corrected chi connectivity index (χ3v) is 7.14. The van der Waals surface area contributed by atoms with Crippen molar-refractivity contribution in [3.05, 3.63) is 77.8 Å². The summed E-state index contributed by atoms with van der Waals surface area (Å²) in [5.74, 6) is 0.994. The average molecular weight is 473 g/mol. The van der Waals surface area contributed by atoms with E-state index in [0.29, 0.717) is 6.54 Å². The highest BCUT2D eigenvalue weighted by Gasteiger charge is 2.22. The van der Waals surface area contributed by atoms with Crippen LogP contribution in [0.3, 0.4) is 0 Å². The van der Waals surface area contributed by atoms with E-state index in [4.69, 9.17) is 9.72 Å². The molecule has 0 N–H and O–H groups in total. The quantitative estimate of drug-likeness (QED) is 0.399. The van der Waals surface area contributed by atoms with Gasteiger partial charge in [-0.25, -0.2) is 4.98 Å². The second-order valence-corrected chi connectivity index (χ2v) is 9.35. The Bertz CT molecular complexity index is 1250. The molecule has 0 spiro atoms. The Morgan fingerprint density at radius 3 is 2.44 bits per heavy atom. The van der Waals surface area contributed by atoms with Crippen LogP contribution < -0.4 is 9.64 Å². The first-order chi connectivity index (χ1) is 16.6. The zero-order chi connectivity index (χ0) is 23.5. The first-order valence-electron chi connectivity index (χ1n) is 11.5. The van der Waals surface area contributed by atoms with Crippen molar-refractivity contribution in [1.82, 2.24) is 14.5 Å². The largest absolute Gasteiger partial charge is 0.497 e. The van der Waals surface area contributed by atoms with E-state index in [9.17, 15) is 4.79 Å². The van der Waals surface area contributed by atoms with Gasteiger partial charge in [0.1, 0.15) is 17.3 Å². The molecule has 3 heterocycles. The minimum absolute atomic E-state index is 0.141. The maximum Gasteiger partial charge on any atom is 0.242 e. The van der Waals surface area contributed by atoms with E-state index in [1.54, 1.807) is 18.4 Å². The Labute approximate surface area is 204 Å². The lowest BCUT2D eigenvalue weighted by molar-refractivity contribution is -0.132. The highest BCUT2D eigenvalue weighted by molar-refractivity contribution is 7.13. The zero-order valence-corrected chi connectivity index (χ0v) is 20.3. The second-order valence-electron chi connectivity index (χ2n) is 8.49. The van der Waals surface area contributed by atoms with Crippen molar-refractivity contribution in [3.63, 3.8) is 0 Å². The van der Waals surface area contributed by atoms with Crippen LogP contribution in [0.2, 0.25) is 0 Å². The second kappa shape index (κ2) is 9.73. The molecule has 0 radical (unpaired) electrons. The first kappa shape index (κ1) is 22.2. The summed E-state index contributed by atoms with van der Waals surface area (Å²) in [5, 5.41) is 3.01. The Morgan fingerprint density at radius 1 is 1.00 bits per heavy atom. The molecule has 5 rings (SSSR count). The van der Waals surface area contributed by atoms with Crippen LogP contribution in [0.4, 0.5) is 5.69 Å². The number of piperazine rings is 1. The van der Waals surface area contributed by atoms with Crippen molar-refractivity contribution < 1.29 is 9.53 Å². The number of hydrogen-bond donors (Lipinski definition) is 0. The molecule has 1 saturated heterocycles. The molecule has 0 unspecified atom stereocenters. The number of nitrogens with zero attached hydrogens (tertiary/aromatic N) is 4. The van der Waals surface area contributed by atoms with Gasteiger partial charge in [-0.1, -0.05) is 29.8 Å². The molecule has 0 aliphatic carbocycles. The van der Waals surface area contributed by atoms with Crippen molar-refractivity contribution >= 4 is 22.9 Å². The van der Waals surface area contributed by atoms with Crippen molar-refractivity contribution in [2.45, 2.75) is 13.5 Å². The first-order valence-corrected chi connectivity index (χ1v) is 12.3. The standard InChI is InChI=1S/C27H28N4O2S/c1-20-5-7-21(8-6-20)24-19-34-27(28-24)25-4-3-13-31(25)18-26(32)30-16-14-29(15-17-30)22-9-11-23(33-2)12-10-22/h3-13,19H,14-18H2,1-2H3. The van der Waals surface area contributed by atoms with Gasteiger partial charge in [-0.05, 0) is 43.3 Å². The Hall–Kier alpha value is -3.58. The van der Waals surface area contributed by atoms with E-state index < -0.39 is 0 Å². The summed E-state index contributed by atoms with van der Waals surface area (Å²) in [4.78, 5) is 22.2. The predicted octanol–water partition coefficient (Wildman–Crippen LogP) is 4.94. The summed E-state index contributed by atoms with van der Waals surface area (Å²) in [6, 6.07) is 20.5. The number of methoxy groups -OCH3 is 1. The highest BCUT2D eigenvalue weighted by Crippen LogP contribution is 2.29. The van der Waals surface area contributed by atoms with Crippen LogP contribution in [0.1, 0.15) is 5.56 Å². The lowest BCUT2D eigenvalue weighted by Gasteiger charge is -2.36. The fourth-order valence-electron chi connectivity index (χ4n) is 4.25. The number of carbonyl (C=O) groups excluding carboxylic acids is 1. The molecule has 1 aliphatic heterocycles. The molecule has 1 aliphatic rings. The number of aromatic nitrogens is 2. The van der Waals surface area contributed by atoms with Gasteiger partial charge in [0.2, 0.25) is 5.91 Å². The van der Waals surface area contributed by atoms with Gasteiger partial charge >= 0.3 is 0 Å². The van der Waals surface area contributed by atoms with Crippen LogP contribution in [0.15, 0.2) is 72.2 Å². The topological polar surface area (TPSA) is 50.6 Å². The number of anilines is 1. The number of amides is 1. The monoisotopic (exact) mass is 472 g/mol. The minimum atomic E-state index is 0.141. The van der Waals surface area contributed by atoms with Gasteiger partial charge in [-0.2, -0.15) is 0 Å². The number of benzene rings is 2. The molecule has 34 heavy (non-hydrogen) atoms. The van der Waals surface area contributed by atoms with E-state index >= 15 is 0 Å². The fraction of sp³-hybridized carbons (Fsp3) is 0.259.